The van der Waals surface area contributed by atoms with Crippen LogP contribution in [-0.4, -0.2) is 38.5 Å². The molecule has 1 heterocycles. The van der Waals surface area contributed by atoms with Gasteiger partial charge in [0, 0.05) is 6.04 Å². The first-order chi connectivity index (χ1) is 7.62. The topological polar surface area (TPSA) is 58.6 Å². The molecule has 100 valence electrons. The zero-order chi connectivity index (χ0) is 13.3. The molecule has 2 N–H and O–H groups in total. The van der Waals surface area contributed by atoms with Crippen LogP contribution in [0.15, 0.2) is 0 Å². The van der Waals surface area contributed by atoms with Crippen molar-refractivity contribution in [2.24, 2.45) is 0 Å². The highest BCUT2D eigenvalue weighted by Gasteiger charge is 2.39. The largest absolute Gasteiger partial charge is 0.480 e. The van der Waals surface area contributed by atoms with Gasteiger partial charge in [-0.3, -0.25) is 10.1 Å². The van der Waals surface area contributed by atoms with E-state index in [-0.39, 0.29) is 16.7 Å². The average molecular weight is 259 g/mol. The SMILES string of the molecule is CC(C)(C)[SiH2]OC(C)(C)[C@H]1CC[C@@H](C(=O)O)N1. The molecule has 4 nitrogen and oxygen atoms in total. The van der Waals surface area contributed by atoms with Gasteiger partial charge in [0.25, 0.3) is 0 Å². The minimum atomic E-state index is -0.753. The van der Waals surface area contributed by atoms with Gasteiger partial charge in [0.2, 0.25) is 0 Å². The smallest absolute Gasteiger partial charge is 0.320 e. The molecule has 2 atom stereocenters. The number of hydrogen-bond acceptors (Lipinski definition) is 3. The fourth-order valence-corrected chi connectivity index (χ4v) is 3.00. The Hall–Kier alpha value is -0.393. The molecular weight excluding hydrogens is 234 g/mol. The Bertz CT molecular complexity index is 286. The molecular formula is C12H25NO3Si. The van der Waals surface area contributed by atoms with Gasteiger partial charge in [0.15, 0.2) is 9.76 Å². The minimum Gasteiger partial charge on any atom is -0.480 e. The molecule has 1 aliphatic rings. The Morgan fingerprint density at radius 3 is 2.29 bits per heavy atom. The van der Waals surface area contributed by atoms with Crippen molar-refractivity contribution in [3.63, 3.8) is 0 Å². The van der Waals surface area contributed by atoms with Gasteiger partial charge in [-0.15, -0.1) is 0 Å². The summed E-state index contributed by atoms with van der Waals surface area (Å²) < 4.78 is 6.09. The first kappa shape index (κ1) is 14.7. The molecule has 0 bridgehead atoms. The van der Waals surface area contributed by atoms with Crippen LogP contribution in [0.2, 0.25) is 5.04 Å². The van der Waals surface area contributed by atoms with Gasteiger partial charge >= 0.3 is 5.97 Å². The van der Waals surface area contributed by atoms with Crippen molar-refractivity contribution in [2.75, 3.05) is 0 Å². The molecule has 1 rings (SSSR count). The zero-order valence-corrected chi connectivity index (χ0v) is 13.0. The van der Waals surface area contributed by atoms with Gasteiger partial charge in [0.05, 0.1) is 5.60 Å². The van der Waals surface area contributed by atoms with Crippen LogP contribution in [0.4, 0.5) is 0 Å². The van der Waals surface area contributed by atoms with Crippen molar-refractivity contribution >= 4 is 15.7 Å². The molecule has 0 amide bonds. The third-order valence-corrected chi connectivity index (χ3v) is 4.92. The van der Waals surface area contributed by atoms with Crippen molar-refractivity contribution in [3.8, 4) is 0 Å². The standard InChI is InChI=1S/C12H25NO3Si/c1-11(2,3)17-16-12(4,5)9-7-6-8(13-9)10(14)15/h8-9,13H,6-7,17H2,1-5H3,(H,14,15)/t8-,9+/m0/s1. The molecule has 0 spiro atoms. The predicted octanol–water partition coefficient (Wildman–Crippen LogP) is 1.29. The summed E-state index contributed by atoms with van der Waals surface area (Å²) in [6.45, 7) is 10.7. The summed E-state index contributed by atoms with van der Waals surface area (Å²) in [6, 6.07) is -0.252. The Balaban J connectivity index is 2.51. The predicted molar refractivity (Wildman–Crippen MR) is 71.0 cm³/mol. The summed E-state index contributed by atoms with van der Waals surface area (Å²) in [5.74, 6) is -0.753. The lowest BCUT2D eigenvalue weighted by atomic mass is 9.98. The number of rotatable bonds is 4. The molecule has 1 fully saturated rings. The number of carbonyl (C=O) groups is 1. The maximum atomic E-state index is 10.9. The van der Waals surface area contributed by atoms with E-state index in [1.165, 1.54) is 0 Å². The average Bonchev–Trinajstić information content (AvgIpc) is 2.63. The Labute approximate surface area is 106 Å². The Morgan fingerprint density at radius 2 is 1.88 bits per heavy atom. The van der Waals surface area contributed by atoms with E-state index < -0.39 is 21.8 Å². The minimum absolute atomic E-state index is 0.151. The van der Waals surface area contributed by atoms with Crippen molar-refractivity contribution in [1.29, 1.82) is 0 Å². The molecule has 0 radical (unpaired) electrons. The number of carboxylic acid groups (broad SMARTS) is 1. The van der Waals surface area contributed by atoms with Crippen LogP contribution in [0.3, 0.4) is 0 Å². The monoisotopic (exact) mass is 259 g/mol. The molecule has 0 aliphatic carbocycles. The molecule has 5 heteroatoms. The normalized spacial score (nSPS) is 26.9. The maximum absolute atomic E-state index is 10.9. The second kappa shape index (κ2) is 5.08. The number of nitrogens with one attached hydrogen (secondary N) is 1. The van der Waals surface area contributed by atoms with Gasteiger partial charge in [-0.1, -0.05) is 20.8 Å². The third-order valence-electron chi connectivity index (χ3n) is 3.16. The van der Waals surface area contributed by atoms with Gasteiger partial charge in [-0.05, 0) is 31.7 Å². The van der Waals surface area contributed by atoms with Crippen LogP contribution in [0, 0.1) is 0 Å². The lowest BCUT2D eigenvalue weighted by Crippen LogP contribution is -2.49. The van der Waals surface area contributed by atoms with Crippen LogP contribution in [0.25, 0.3) is 0 Å². The summed E-state index contributed by atoms with van der Waals surface area (Å²) in [7, 11) is -0.612. The van der Waals surface area contributed by atoms with E-state index in [4.69, 9.17) is 9.53 Å². The molecule has 17 heavy (non-hydrogen) atoms. The van der Waals surface area contributed by atoms with Crippen LogP contribution in [-0.2, 0) is 9.22 Å². The van der Waals surface area contributed by atoms with Crippen molar-refractivity contribution in [3.05, 3.63) is 0 Å². The molecule has 0 aromatic carbocycles. The highest BCUT2D eigenvalue weighted by molar-refractivity contribution is 6.31. The summed E-state index contributed by atoms with van der Waals surface area (Å²) in [4.78, 5) is 10.9. The Kier molecular flexibility index (Phi) is 4.38. The van der Waals surface area contributed by atoms with E-state index in [9.17, 15) is 4.79 Å². The molecule has 0 aromatic rings. The first-order valence-corrected chi connectivity index (χ1v) is 7.53. The number of hydrogen-bond donors (Lipinski definition) is 2. The van der Waals surface area contributed by atoms with Gasteiger partial charge in [-0.2, -0.15) is 0 Å². The van der Waals surface area contributed by atoms with E-state index in [1.807, 2.05) is 0 Å². The number of aliphatic carboxylic acids is 1. The van der Waals surface area contributed by atoms with E-state index in [2.05, 4.69) is 39.9 Å². The lowest BCUT2D eigenvalue weighted by molar-refractivity contribution is -0.139. The molecule has 0 unspecified atom stereocenters. The third kappa shape index (κ3) is 4.41. The highest BCUT2D eigenvalue weighted by Crippen LogP contribution is 2.29. The fraction of sp³-hybridized carbons (Fsp3) is 0.917. The number of carboxylic acids is 1. The van der Waals surface area contributed by atoms with Crippen molar-refractivity contribution < 1.29 is 14.3 Å². The van der Waals surface area contributed by atoms with Crippen LogP contribution < -0.4 is 5.32 Å². The van der Waals surface area contributed by atoms with E-state index in [1.54, 1.807) is 0 Å². The molecule has 0 aromatic heterocycles. The lowest BCUT2D eigenvalue weighted by Gasteiger charge is -2.35. The van der Waals surface area contributed by atoms with Gasteiger partial charge in [0.1, 0.15) is 6.04 Å². The van der Waals surface area contributed by atoms with Crippen molar-refractivity contribution in [2.45, 2.75) is 70.2 Å². The van der Waals surface area contributed by atoms with Crippen LogP contribution in [0.5, 0.6) is 0 Å². The first-order valence-electron chi connectivity index (χ1n) is 6.25. The van der Waals surface area contributed by atoms with Gasteiger partial charge in [-0.25, -0.2) is 0 Å². The second-order valence-corrected chi connectivity index (χ2v) is 9.34. The van der Waals surface area contributed by atoms with Gasteiger partial charge < -0.3 is 9.53 Å². The Morgan fingerprint density at radius 1 is 1.29 bits per heavy atom. The molecule has 1 saturated heterocycles. The summed E-state index contributed by atoms with van der Waals surface area (Å²) in [5, 5.41) is 12.4. The molecule has 0 saturated carbocycles. The second-order valence-electron chi connectivity index (χ2n) is 6.64. The van der Waals surface area contributed by atoms with E-state index >= 15 is 0 Å². The molecule has 1 aliphatic heterocycles. The zero-order valence-electron chi connectivity index (χ0n) is 11.5. The highest BCUT2D eigenvalue weighted by atomic mass is 28.2. The quantitative estimate of drug-likeness (QED) is 0.747. The van der Waals surface area contributed by atoms with E-state index in [0.717, 1.165) is 6.42 Å². The summed E-state index contributed by atoms with van der Waals surface area (Å²) >= 11 is 0. The van der Waals surface area contributed by atoms with Crippen molar-refractivity contribution in [1.82, 2.24) is 5.32 Å². The summed E-state index contributed by atoms with van der Waals surface area (Å²) in [6.07, 6.45) is 1.58. The van der Waals surface area contributed by atoms with Crippen LogP contribution in [0.1, 0.15) is 47.5 Å². The fourth-order valence-electron chi connectivity index (χ4n) is 1.99. The van der Waals surface area contributed by atoms with Crippen LogP contribution >= 0.6 is 0 Å². The summed E-state index contributed by atoms with van der Waals surface area (Å²) in [5.41, 5.74) is -0.260. The van der Waals surface area contributed by atoms with E-state index in [0.29, 0.717) is 6.42 Å². The maximum Gasteiger partial charge on any atom is 0.320 e.